The van der Waals surface area contributed by atoms with E-state index >= 15 is 0 Å². The third-order valence-corrected chi connectivity index (χ3v) is 3.49. The summed E-state index contributed by atoms with van der Waals surface area (Å²) < 4.78 is 13.8. The molecule has 0 saturated heterocycles. The number of hydrogen-bond donors (Lipinski definition) is 2. The standard InChI is InChI=1S/C17H16ClFN2O2/c1-11(22)20-15(12-6-3-2-4-7-12)10-16(23)21-14-9-5-8-13(18)17(14)19/h2-9,15H,10H2,1H3,(H,20,22)(H,21,23)/t15-/m1/s1. The Balaban J connectivity index is 2.11. The fraction of sp³-hybridized carbons (Fsp3) is 0.176. The van der Waals surface area contributed by atoms with Crippen LogP contribution in [0.1, 0.15) is 24.9 Å². The van der Waals surface area contributed by atoms with Gasteiger partial charge in [0.05, 0.1) is 23.2 Å². The van der Waals surface area contributed by atoms with Crippen LogP contribution in [0.4, 0.5) is 10.1 Å². The minimum Gasteiger partial charge on any atom is -0.349 e. The van der Waals surface area contributed by atoms with Gasteiger partial charge in [0, 0.05) is 6.92 Å². The number of carbonyl (C=O) groups is 2. The number of anilines is 1. The first kappa shape index (κ1) is 17.0. The Morgan fingerprint density at radius 2 is 1.83 bits per heavy atom. The Bertz CT molecular complexity index is 707. The normalized spacial score (nSPS) is 11.6. The molecule has 0 saturated carbocycles. The molecule has 0 aliphatic heterocycles. The maximum absolute atomic E-state index is 13.8. The molecule has 23 heavy (non-hydrogen) atoms. The average molecular weight is 335 g/mol. The quantitative estimate of drug-likeness (QED) is 0.876. The van der Waals surface area contributed by atoms with Crippen molar-refractivity contribution in [2.24, 2.45) is 0 Å². The van der Waals surface area contributed by atoms with Gasteiger partial charge in [0.1, 0.15) is 0 Å². The number of nitrogens with one attached hydrogen (secondary N) is 2. The van der Waals surface area contributed by atoms with Crippen molar-refractivity contribution in [3.63, 3.8) is 0 Å². The lowest BCUT2D eigenvalue weighted by molar-refractivity contribution is -0.120. The Morgan fingerprint density at radius 3 is 2.48 bits per heavy atom. The van der Waals surface area contributed by atoms with Gasteiger partial charge >= 0.3 is 0 Å². The lowest BCUT2D eigenvalue weighted by Gasteiger charge is -2.18. The molecule has 120 valence electrons. The summed E-state index contributed by atoms with van der Waals surface area (Å²) in [6, 6.07) is 13.0. The van der Waals surface area contributed by atoms with E-state index in [1.165, 1.54) is 19.1 Å². The van der Waals surface area contributed by atoms with Gasteiger partial charge in [0.2, 0.25) is 11.8 Å². The molecule has 0 aromatic heterocycles. The molecule has 2 rings (SSSR count). The summed E-state index contributed by atoms with van der Waals surface area (Å²) in [6.07, 6.45) is -0.0183. The summed E-state index contributed by atoms with van der Waals surface area (Å²) in [6.45, 7) is 1.38. The third-order valence-electron chi connectivity index (χ3n) is 3.19. The van der Waals surface area contributed by atoms with Crippen molar-refractivity contribution >= 4 is 29.1 Å². The predicted octanol–water partition coefficient (Wildman–Crippen LogP) is 3.69. The Kier molecular flexibility index (Phi) is 5.71. The van der Waals surface area contributed by atoms with Gasteiger partial charge in [-0.25, -0.2) is 4.39 Å². The zero-order valence-corrected chi connectivity index (χ0v) is 13.2. The van der Waals surface area contributed by atoms with Gasteiger partial charge in [-0.05, 0) is 17.7 Å². The van der Waals surface area contributed by atoms with Gasteiger partial charge in [-0.1, -0.05) is 48.0 Å². The van der Waals surface area contributed by atoms with Crippen molar-refractivity contribution in [2.75, 3.05) is 5.32 Å². The average Bonchev–Trinajstić information content (AvgIpc) is 2.51. The Labute approximate surface area is 138 Å². The topological polar surface area (TPSA) is 58.2 Å². The highest BCUT2D eigenvalue weighted by atomic mass is 35.5. The number of carbonyl (C=O) groups excluding carboxylic acids is 2. The molecule has 6 heteroatoms. The second-order valence-corrected chi connectivity index (χ2v) is 5.42. The monoisotopic (exact) mass is 334 g/mol. The first-order valence-electron chi connectivity index (χ1n) is 7.03. The highest BCUT2D eigenvalue weighted by Gasteiger charge is 2.18. The zero-order valence-electron chi connectivity index (χ0n) is 12.5. The van der Waals surface area contributed by atoms with Crippen LogP contribution in [0, 0.1) is 5.82 Å². The molecular weight excluding hydrogens is 319 g/mol. The summed E-state index contributed by atoms with van der Waals surface area (Å²) in [5.41, 5.74) is 0.807. The van der Waals surface area contributed by atoms with Crippen LogP contribution in [0.15, 0.2) is 48.5 Å². The zero-order chi connectivity index (χ0) is 16.8. The minimum absolute atomic E-state index is 0.0112. The molecule has 0 aliphatic rings. The maximum Gasteiger partial charge on any atom is 0.226 e. The van der Waals surface area contributed by atoms with Crippen LogP contribution in [0.5, 0.6) is 0 Å². The fourth-order valence-electron chi connectivity index (χ4n) is 2.17. The van der Waals surface area contributed by atoms with Gasteiger partial charge in [-0.15, -0.1) is 0 Å². The highest BCUT2D eigenvalue weighted by Crippen LogP contribution is 2.23. The fourth-order valence-corrected chi connectivity index (χ4v) is 2.34. The van der Waals surface area contributed by atoms with E-state index in [1.807, 2.05) is 30.3 Å². The van der Waals surface area contributed by atoms with E-state index in [9.17, 15) is 14.0 Å². The number of rotatable bonds is 5. The number of benzene rings is 2. The van der Waals surface area contributed by atoms with Crippen LogP contribution >= 0.6 is 11.6 Å². The molecule has 1 atom stereocenters. The second kappa shape index (κ2) is 7.74. The van der Waals surface area contributed by atoms with Gasteiger partial charge < -0.3 is 10.6 Å². The second-order valence-electron chi connectivity index (χ2n) is 5.02. The van der Waals surface area contributed by atoms with E-state index in [4.69, 9.17) is 11.6 Å². The number of halogens is 2. The summed E-state index contributed by atoms with van der Waals surface area (Å²) in [4.78, 5) is 23.5. The van der Waals surface area contributed by atoms with Gasteiger partial charge in [0.25, 0.3) is 0 Å². The summed E-state index contributed by atoms with van der Waals surface area (Å²) in [7, 11) is 0. The molecule has 2 N–H and O–H groups in total. The van der Waals surface area contributed by atoms with Gasteiger partial charge in [-0.2, -0.15) is 0 Å². The van der Waals surface area contributed by atoms with Crippen LogP contribution in [0.2, 0.25) is 5.02 Å². The van der Waals surface area contributed by atoms with E-state index in [0.717, 1.165) is 5.56 Å². The Hall–Kier alpha value is -2.40. The molecule has 2 aromatic carbocycles. The molecule has 0 bridgehead atoms. The van der Waals surface area contributed by atoms with E-state index in [-0.39, 0.29) is 23.0 Å². The SMILES string of the molecule is CC(=O)N[C@H](CC(=O)Nc1cccc(Cl)c1F)c1ccccc1. The third kappa shape index (κ3) is 4.79. The highest BCUT2D eigenvalue weighted by molar-refractivity contribution is 6.31. The first-order chi connectivity index (χ1) is 11.0. The summed E-state index contributed by atoms with van der Waals surface area (Å²) in [5.74, 6) is -1.35. The van der Waals surface area contributed by atoms with Crippen molar-refractivity contribution < 1.29 is 14.0 Å². The van der Waals surface area contributed by atoms with Crippen LogP contribution in [0.3, 0.4) is 0 Å². The molecule has 0 heterocycles. The van der Waals surface area contributed by atoms with Gasteiger partial charge in [0.15, 0.2) is 5.82 Å². The molecule has 4 nitrogen and oxygen atoms in total. The number of amides is 2. The van der Waals surface area contributed by atoms with Crippen molar-refractivity contribution in [2.45, 2.75) is 19.4 Å². The molecule has 0 aliphatic carbocycles. The maximum atomic E-state index is 13.8. The molecule has 2 amide bonds. The van der Waals surface area contributed by atoms with Crippen molar-refractivity contribution in [1.29, 1.82) is 0 Å². The largest absolute Gasteiger partial charge is 0.349 e. The summed E-state index contributed by atoms with van der Waals surface area (Å²) >= 11 is 5.68. The van der Waals surface area contributed by atoms with Crippen molar-refractivity contribution in [1.82, 2.24) is 5.32 Å². The van der Waals surface area contributed by atoms with Crippen LogP contribution < -0.4 is 10.6 Å². The molecular formula is C17H16ClFN2O2. The summed E-state index contributed by atoms with van der Waals surface area (Å²) in [5, 5.41) is 5.13. The van der Waals surface area contributed by atoms with Crippen LogP contribution in [-0.2, 0) is 9.59 Å². The molecule has 0 radical (unpaired) electrons. The first-order valence-corrected chi connectivity index (χ1v) is 7.41. The van der Waals surface area contributed by atoms with Crippen molar-refractivity contribution in [3.8, 4) is 0 Å². The lowest BCUT2D eigenvalue weighted by atomic mass is 10.0. The smallest absolute Gasteiger partial charge is 0.226 e. The Morgan fingerprint density at radius 1 is 1.13 bits per heavy atom. The van der Waals surface area contributed by atoms with E-state index in [2.05, 4.69) is 10.6 Å². The van der Waals surface area contributed by atoms with Gasteiger partial charge in [-0.3, -0.25) is 9.59 Å². The van der Waals surface area contributed by atoms with E-state index < -0.39 is 17.8 Å². The number of hydrogen-bond acceptors (Lipinski definition) is 2. The molecule has 0 unspecified atom stereocenters. The molecule has 0 fully saturated rings. The van der Waals surface area contributed by atoms with E-state index in [0.29, 0.717) is 0 Å². The minimum atomic E-state index is -0.682. The molecule has 2 aromatic rings. The predicted molar refractivity (Wildman–Crippen MR) is 87.7 cm³/mol. The van der Waals surface area contributed by atoms with Crippen LogP contribution in [-0.4, -0.2) is 11.8 Å². The molecule has 0 spiro atoms. The van der Waals surface area contributed by atoms with E-state index in [1.54, 1.807) is 6.07 Å². The van der Waals surface area contributed by atoms with Crippen molar-refractivity contribution in [3.05, 3.63) is 64.9 Å². The van der Waals surface area contributed by atoms with Crippen LogP contribution in [0.25, 0.3) is 0 Å². The lowest BCUT2D eigenvalue weighted by Crippen LogP contribution is -2.29.